The summed E-state index contributed by atoms with van der Waals surface area (Å²) in [5, 5.41) is 15.7. The highest BCUT2D eigenvalue weighted by atomic mass is 32.1. The Kier molecular flexibility index (Phi) is 5.99. The standard InChI is InChI=1S/C18H20N6O3S/c1-3-8-19-18(26)24(28)16-7-5-12-17(23-16)22-15(10-20-12)21-11-4-6-14(27-2)13(25)9-11/h4-7,9-10,25,28H,3,8H2,1-2H3,(H,19,26)(H,21,22,23). The predicted octanol–water partition coefficient (Wildman–Crippen LogP) is 3.25. The number of hydrogen-bond acceptors (Lipinski definition) is 8. The van der Waals surface area contributed by atoms with Crippen LogP contribution in [0.3, 0.4) is 0 Å². The van der Waals surface area contributed by atoms with Crippen LogP contribution in [-0.4, -0.2) is 39.7 Å². The van der Waals surface area contributed by atoms with Crippen LogP contribution in [0.15, 0.2) is 36.5 Å². The number of nitrogens with one attached hydrogen (secondary N) is 2. The van der Waals surface area contributed by atoms with E-state index in [-0.39, 0.29) is 11.8 Å². The van der Waals surface area contributed by atoms with E-state index < -0.39 is 0 Å². The van der Waals surface area contributed by atoms with Crippen LogP contribution in [-0.2, 0) is 0 Å². The van der Waals surface area contributed by atoms with Crippen LogP contribution in [0.4, 0.5) is 22.1 Å². The Morgan fingerprint density at radius 1 is 1.29 bits per heavy atom. The van der Waals surface area contributed by atoms with Crippen molar-refractivity contribution in [3.8, 4) is 11.5 Å². The number of aromatic nitrogens is 3. The van der Waals surface area contributed by atoms with Crippen molar-refractivity contribution in [2.24, 2.45) is 0 Å². The fraction of sp³-hybridized carbons (Fsp3) is 0.222. The van der Waals surface area contributed by atoms with Crippen LogP contribution in [0.2, 0.25) is 0 Å². The first-order valence-electron chi connectivity index (χ1n) is 8.56. The molecule has 0 aliphatic rings. The van der Waals surface area contributed by atoms with Crippen molar-refractivity contribution in [1.29, 1.82) is 0 Å². The Morgan fingerprint density at radius 2 is 2.11 bits per heavy atom. The van der Waals surface area contributed by atoms with E-state index in [4.69, 9.17) is 4.74 Å². The Bertz CT molecular complexity index is 1000. The minimum Gasteiger partial charge on any atom is -0.504 e. The normalized spacial score (nSPS) is 10.5. The Balaban J connectivity index is 1.83. The van der Waals surface area contributed by atoms with Gasteiger partial charge in [-0.15, -0.1) is 0 Å². The molecule has 2 amide bonds. The van der Waals surface area contributed by atoms with E-state index in [1.807, 2.05) is 6.92 Å². The van der Waals surface area contributed by atoms with E-state index >= 15 is 0 Å². The molecule has 3 rings (SSSR count). The van der Waals surface area contributed by atoms with Crippen LogP contribution >= 0.6 is 12.8 Å². The van der Waals surface area contributed by atoms with Crippen molar-refractivity contribution in [1.82, 2.24) is 20.3 Å². The number of rotatable bonds is 6. The molecule has 0 spiro atoms. The fourth-order valence-corrected chi connectivity index (χ4v) is 2.57. The average Bonchev–Trinajstić information content (AvgIpc) is 2.71. The Morgan fingerprint density at radius 3 is 2.82 bits per heavy atom. The quantitative estimate of drug-likeness (QED) is 0.470. The summed E-state index contributed by atoms with van der Waals surface area (Å²) in [5.41, 5.74) is 1.53. The topological polar surface area (TPSA) is 113 Å². The first kappa shape index (κ1) is 19.5. The number of phenolic OH excluding ortho intramolecular Hbond substituents is 1. The molecular formula is C18H20N6O3S. The van der Waals surface area contributed by atoms with E-state index in [1.165, 1.54) is 13.2 Å². The van der Waals surface area contributed by atoms with Gasteiger partial charge in [0.1, 0.15) is 11.3 Å². The van der Waals surface area contributed by atoms with Gasteiger partial charge in [-0.25, -0.2) is 24.1 Å². The number of fused-ring (bicyclic) bond motifs is 1. The molecule has 3 N–H and O–H groups in total. The number of carbonyl (C=O) groups is 1. The molecule has 0 aliphatic heterocycles. The number of anilines is 3. The molecule has 0 fully saturated rings. The summed E-state index contributed by atoms with van der Waals surface area (Å²) in [7, 11) is 1.48. The molecule has 0 aliphatic carbocycles. The number of hydrogen-bond donors (Lipinski definition) is 4. The van der Waals surface area contributed by atoms with Crippen molar-refractivity contribution in [2.45, 2.75) is 13.3 Å². The summed E-state index contributed by atoms with van der Waals surface area (Å²) in [6, 6.07) is 7.88. The van der Waals surface area contributed by atoms with Crippen LogP contribution in [0.1, 0.15) is 13.3 Å². The molecule has 146 valence electrons. The SMILES string of the molecule is CCCNC(=O)N(S)c1ccc2ncc(Nc3ccc(OC)c(O)c3)nc2n1. The van der Waals surface area contributed by atoms with Gasteiger partial charge in [-0.05, 0) is 30.7 Å². The zero-order chi connectivity index (χ0) is 20.1. The summed E-state index contributed by atoms with van der Waals surface area (Å²) in [4.78, 5) is 25.1. The van der Waals surface area contributed by atoms with E-state index in [0.29, 0.717) is 40.8 Å². The maximum absolute atomic E-state index is 12.0. The Hall–Kier alpha value is -3.27. The van der Waals surface area contributed by atoms with Gasteiger partial charge in [-0.2, -0.15) is 0 Å². The third-order valence-electron chi connectivity index (χ3n) is 3.78. The van der Waals surface area contributed by atoms with Crippen molar-refractivity contribution in [3.05, 3.63) is 36.5 Å². The highest BCUT2D eigenvalue weighted by Crippen LogP contribution is 2.30. The van der Waals surface area contributed by atoms with Crippen molar-refractivity contribution in [3.63, 3.8) is 0 Å². The van der Waals surface area contributed by atoms with Gasteiger partial charge in [-0.1, -0.05) is 19.7 Å². The summed E-state index contributed by atoms with van der Waals surface area (Å²) in [6.45, 7) is 2.51. The second-order valence-electron chi connectivity index (χ2n) is 5.82. The zero-order valence-corrected chi connectivity index (χ0v) is 16.3. The molecule has 0 bridgehead atoms. The van der Waals surface area contributed by atoms with Gasteiger partial charge >= 0.3 is 6.03 Å². The highest BCUT2D eigenvalue weighted by Gasteiger charge is 2.14. The highest BCUT2D eigenvalue weighted by molar-refractivity contribution is 7.82. The number of methoxy groups -OCH3 is 1. The number of aromatic hydroxyl groups is 1. The van der Waals surface area contributed by atoms with Gasteiger partial charge in [0.25, 0.3) is 0 Å². The maximum atomic E-state index is 12.0. The van der Waals surface area contributed by atoms with Gasteiger partial charge in [-0.3, -0.25) is 0 Å². The van der Waals surface area contributed by atoms with Crippen molar-refractivity contribution >= 4 is 47.3 Å². The molecule has 0 saturated carbocycles. The number of nitrogens with zero attached hydrogens (tertiary/aromatic N) is 4. The van der Waals surface area contributed by atoms with Crippen LogP contribution in [0, 0.1) is 0 Å². The first-order chi connectivity index (χ1) is 13.5. The molecule has 28 heavy (non-hydrogen) atoms. The summed E-state index contributed by atoms with van der Waals surface area (Å²) in [5.74, 6) is 1.14. The number of amides is 2. The number of benzene rings is 1. The Labute approximate surface area is 167 Å². The van der Waals surface area contributed by atoms with Gasteiger partial charge in [0, 0.05) is 18.3 Å². The summed E-state index contributed by atoms with van der Waals surface area (Å²) >= 11 is 4.20. The molecule has 0 saturated heterocycles. The second-order valence-corrected chi connectivity index (χ2v) is 6.22. The second kappa shape index (κ2) is 8.61. The van der Waals surface area contributed by atoms with E-state index in [0.717, 1.165) is 10.7 Å². The van der Waals surface area contributed by atoms with Gasteiger partial charge < -0.3 is 20.5 Å². The zero-order valence-electron chi connectivity index (χ0n) is 15.4. The number of thiol groups is 1. The first-order valence-corrected chi connectivity index (χ1v) is 8.96. The number of carbonyl (C=O) groups excluding carboxylic acids is 1. The lowest BCUT2D eigenvalue weighted by Crippen LogP contribution is -2.34. The minimum atomic E-state index is -0.368. The number of pyridine rings is 1. The summed E-state index contributed by atoms with van der Waals surface area (Å²) < 4.78 is 6.15. The molecular weight excluding hydrogens is 380 g/mol. The molecule has 1 aromatic carbocycles. The lowest BCUT2D eigenvalue weighted by molar-refractivity contribution is 0.250. The monoisotopic (exact) mass is 400 g/mol. The van der Waals surface area contributed by atoms with Gasteiger partial charge in [0.2, 0.25) is 0 Å². The van der Waals surface area contributed by atoms with Crippen LogP contribution in [0.25, 0.3) is 11.2 Å². The largest absolute Gasteiger partial charge is 0.504 e. The average molecular weight is 400 g/mol. The number of urea groups is 1. The van der Waals surface area contributed by atoms with E-state index in [9.17, 15) is 9.90 Å². The molecule has 0 atom stereocenters. The predicted molar refractivity (Wildman–Crippen MR) is 110 cm³/mol. The maximum Gasteiger partial charge on any atom is 0.333 e. The molecule has 2 aromatic heterocycles. The third-order valence-corrected chi connectivity index (χ3v) is 4.17. The third kappa shape index (κ3) is 4.34. The lowest BCUT2D eigenvalue weighted by Gasteiger charge is -2.15. The summed E-state index contributed by atoms with van der Waals surface area (Å²) in [6.07, 6.45) is 2.37. The number of ether oxygens (including phenoxy) is 1. The van der Waals surface area contributed by atoms with Crippen molar-refractivity contribution < 1.29 is 14.6 Å². The molecule has 9 nitrogen and oxygen atoms in total. The van der Waals surface area contributed by atoms with E-state index in [1.54, 1.807) is 30.5 Å². The van der Waals surface area contributed by atoms with Crippen LogP contribution < -0.4 is 19.7 Å². The smallest absolute Gasteiger partial charge is 0.333 e. The molecule has 0 radical (unpaired) electrons. The van der Waals surface area contributed by atoms with E-state index in [2.05, 4.69) is 38.4 Å². The lowest BCUT2D eigenvalue weighted by atomic mass is 10.3. The van der Waals surface area contributed by atoms with Crippen LogP contribution in [0.5, 0.6) is 11.5 Å². The molecule has 10 heteroatoms. The molecule has 3 aromatic rings. The molecule has 2 heterocycles. The van der Waals surface area contributed by atoms with Crippen molar-refractivity contribution in [2.75, 3.05) is 23.3 Å². The fourth-order valence-electron chi connectivity index (χ4n) is 2.39. The van der Waals surface area contributed by atoms with Gasteiger partial charge in [0.05, 0.1) is 13.3 Å². The van der Waals surface area contributed by atoms with Gasteiger partial charge in [0.15, 0.2) is 23.0 Å². The minimum absolute atomic E-state index is 0.00506. The molecule has 0 unspecified atom stereocenters. The number of phenols is 1.